The summed E-state index contributed by atoms with van der Waals surface area (Å²) < 4.78 is 47.6. The minimum atomic E-state index is -3.75. The van der Waals surface area contributed by atoms with Crippen molar-refractivity contribution in [1.29, 1.82) is 5.26 Å². The molecule has 47 heavy (non-hydrogen) atoms. The topological polar surface area (TPSA) is 202 Å². The van der Waals surface area contributed by atoms with Crippen molar-refractivity contribution < 1.29 is 42.4 Å². The highest BCUT2D eigenvalue weighted by Gasteiger charge is 2.51. The zero-order valence-electron chi connectivity index (χ0n) is 24.7. The van der Waals surface area contributed by atoms with Crippen molar-refractivity contribution in [3.05, 3.63) is 41.6 Å². The molecule has 1 aliphatic carbocycles. The fourth-order valence-corrected chi connectivity index (χ4v) is 8.17. The van der Waals surface area contributed by atoms with E-state index in [2.05, 4.69) is 25.3 Å². The second-order valence-corrected chi connectivity index (χ2v) is 14.2. The summed E-state index contributed by atoms with van der Waals surface area (Å²) in [7, 11) is 1.22. The molecule has 20 heteroatoms. The van der Waals surface area contributed by atoms with Crippen molar-refractivity contribution in [2.75, 3.05) is 33.5 Å². The lowest BCUT2D eigenvalue weighted by Crippen LogP contribution is -2.43. The van der Waals surface area contributed by atoms with E-state index in [9.17, 15) is 15.0 Å². The number of aromatic nitrogens is 7. The average molecular weight is 711 g/mol. The fourth-order valence-electron chi connectivity index (χ4n) is 5.85. The van der Waals surface area contributed by atoms with E-state index in [0.717, 1.165) is 4.68 Å². The Kier molecular flexibility index (Phi) is 10.1. The van der Waals surface area contributed by atoms with E-state index >= 15 is 4.39 Å². The van der Waals surface area contributed by atoms with Gasteiger partial charge in [0.05, 0.1) is 56.8 Å². The first-order chi connectivity index (χ1) is 22.7. The highest BCUT2D eigenvalue weighted by atomic mass is 35.5. The van der Waals surface area contributed by atoms with Crippen molar-refractivity contribution in [2.24, 2.45) is 11.8 Å². The predicted molar refractivity (Wildman–Crippen MR) is 164 cm³/mol. The lowest BCUT2D eigenvalue weighted by Gasteiger charge is -2.44. The number of benzene rings is 1. The van der Waals surface area contributed by atoms with Crippen molar-refractivity contribution in [2.45, 2.75) is 43.5 Å². The Labute approximate surface area is 276 Å². The summed E-state index contributed by atoms with van der Waals surface area (Å²) in [6, 6.07) is 6.42. The van der Waals surface area contributed by atoms with Crippen LogP contribution >= 0.6 is 18.3 Å². The van der Waals surface area contributed by atoms with Crippen molar-refractivity contribution in [3.8, 4) is 6.07 Å². The van der Waals surface area contributed by atoms with Crippen LogP contribution in [-0.2, 0) is 34.9 Å². The average Bonchev–Trinajstić information content (AvgIpc) is 3.77. The number of aliphatic hydroxyl groups is 2. The normalized spacial score (nSPS) is 27.0. The maximum atomic E-state index is 16.2. The Balaban J connectivity index is 1.18. The smallest absolute Gasteiger partial charge is 0.340 e. The third-order valence-corrected chi connectivity index (χ3v) is 10.9. The highest BCUT2D eigenvalue weighted by Crippen LogP contribution is 2.56. The van der Waals surface area contributed by atoms with E-state index in [-0.39, 0.29) is 65.9 Å². The van der Waals surface area contributed by atoms with Crippen molar-refractivity contribution in [3.63, 3.8) is 0 Å². The molecule has 2 fully saturated rings. The molecule has 6 rings (SSSR count). The van der Waals surface area contributed by atoms with Crippen LogP contribution in [0, 0.1) is 23.2 Å². The monoisotopic (exact) mass is 710 g/mol. The van der Waals surface area contributed by atoms with Gasteiger partial charge in [0, 0.05) is 18.6 Å². The number of aliphatic hydroxyl groups excluding tert-OH is 2. The Bertz CT molecular complexity index is 1860. The van der Waals surface area contributed by atoms with Gasteiger partial charge in [0.1, 0.15) is 29.6 Å². The molecule has 16 nitrogen and oxygen atoms in total. The maximum absolute atomic E-state index is 16.2. The molecular formula is C27H29ClFN8O8PS. The van der Waals surface area contributed by atoms with Gasteiger partial charge >= 0.3 is 12.7 Å². The first-order valence-electron chi connectivity index (χ1n) is 14.4. The fraction of sp³-hybridized carbons (Fsp3) is 0.519. The summed E-state index contributed by atoms with van der Waals surface area (Å²) in [5.41, 5.74) is 1.56. The molecule has 1 aromatic carbocycles. The summed E-state index contributed by atoms with van der Waals surface area (Å²) >= 11 is 11.8. The summed E-state index contributed by atoms with van der Waals surface area (Å²) in [5.74, 6) is -1.12. The van der Waals surface area contributed by atoms with Gasteiger partial charge in [0.2, 0.25) is 0 Å². The van der Waals surface area contributed by atoms with Gasteiger partial charge < -0.3 is 33.3 Å². The van der Waals surface area contributed by atoms with E-state index in [0.29, 0.717) is 17.6 Å². The Morgan fingerprint density at radius 1 is 1.26 bits per heavy atom. The zero-order valence-corrected chi connectivity index (χ0v) is 27.2. The number of nitriles is 1. The number of alkyl halides is 1. The number of halogens is 2. The van der Waals surface area contributed by atoms with Gasteiger partial charge in [-0.25, -0.2) is 28.8 Å². The Hall–Kier alpha value is -3.24. The number of imidazole rings is 1. The van der Waals surface area contributed by atoms with E-state index < -0.39 is 43.9 Å². The van der Waals surface area contributed by atoms with E-state index in [1.165, 1.54) is 19.5 Å². The molecule has 1 saturated carbocycles. The van der Waals surface area contributed by atoms with Gasteiger partial charge in [-0.2, -0.15) is 5.26 Å². The molecule has 4 aromatic rings. The Morgan fingerprint density at radius 2 is 2.09 bits per heavy atom. The third-order valence-electron chi connectivity index (χ3n) is 8.28. The number of rotatable bonds is 13. The van der Waals surface area contributed by atoms with Crippen molar-refractivity contribution >= 4 is 58.3 Å². The molecule has 1 unspecified atom stereocenters. The molecule has 250 valence electrons. The van der Waals surface area contributed by atoms with Gasteiger partial charge in [-0.15, -0.1) is 5.10 Å². The molecule has 1 aliphatic heterocycles. The van der Waals surface area contributed by atoms with E-state index in [4.69, 9.17) is 51.7 Å². The second kappa shape index (κ2) is 14.1. The number of esters is 1. The summed E-state index contributed by atoms with van der Waals surface area (Å²) in [6.07, 6.45) is -2.56. The lowest BCUT2D eigenvalue weighted by molar-refractivity contribution is -0.0516. The van der Waals surface area contributed by atoms with Crippen LogP contribution in [0.2, 0.25) is 5.15 Å². The largest absolute Gasteiger partial charge is 0.465 e. The van der Waals surface area contributed by atoms with Gasteiger partial charge in [-0.1, -0.05) is 22.9 Å². The molecule has 8 atom stereocenters. The molecule has 1 saturated heterocycles. The van der Waals surface area contributed by atoms with Crippen LogP contribution < -0.4 is 0 Å². The van der Waals surface area contributed by atoms with E-state index in [1.807, 2.05) is 10.6 Å². The number of methoxy groups -OCH3 is 1. The quantitative estimate of drug-likeness (QED) is 0.0887. The number of hydrogen-bond donors (Lipinski definition) is 2. The van der Waals surface area contributed by atoms with Crippen LogP contribution in [0.1, 0.15) is 35.5 Å². The molecule has 0 amide bonds. The van der Waals surface area contributed by atoms with Crippen LogP contribution in [0.5, 0.6) is 0 Å². The third kappa shape index (κ3) is 6.35. The Morgan fingerprint density at radius 3 is 2.83 bits per heavy atom. The first kappa shape index (κ1) is 33.7. The first-order valence-corrected chi connectivity index (χ1v) is 17.4. The van der Waals surface area contributed by atoms with Crippen LogP contribution in [-0.4, -0.2) is 103 Å². The maximum Gasteiger partial charge on any atom is 0.340 e. The molecule has 3 aromatic heterocycles. The van der Waals surface area contributed by atoms with E-state index in [1.54, 1.807) is 18.5 Å². The molecule has 0 spiro atoms. The minimum absolute atomic E-state index is 0.00427. The summed E-state index contributed by atoms with van der Waals surface area (Å²) in [4.78, 5) is 24.7. The number of ether oxygens (including phenoxy) is 2. The predicted octanol–water partition coefficient (Wildman–Crippen LogP) is 2.67. The molecule has 0 radical (unpaired) electrons. The van der Waals surface area contributed by atoms with Crippen LogP contribution in [0.15, 0.2) is 30.9 Å². The number of fused-ring (bicyclic) bond motifs is 2. The lowest BCUT2D eigenvalue weighted by atomic mass is 9.70. The van der Waals surface area contributed by atoms with Crippen LogP contribution in [0.25, 0.3) is 22.2 Å². The molecule has 4 heterocycles. The molecule has 2 aliphatic rings. The zero-order chi connectivity index (χ0) is 33.3. The van der Waals surface area contributed by atoms with Gasteiger partial charge in [-0.3, -0.25) is 4.52 Å². The minimum Gasteiger partial charge on any atom is -0.465 e. The number of carbonyl (C=O) groups is 1. The molecular weight excluding hydrogens is 682 g/mol. The number of nitrogens with zero attached hydrogens (tertiary/aromatic N) is 8. The number of hydrogen-bond acceptors (Lipinski definition) is 15. The standard InChI is InChI=1S/C27H29ClFN8O8PS/c1-41-27(40)15-4-2-5-17-21(15)34-35-37(17)26-20(29)23(19(10-39)44-26)45-46(47,42-7-3-6-30)43-11-14-8-18(16(14)9-38)36-13-33-22-24(28)31-12-32-25(22)36/h2,4-5,12-14,16,18-20,23,26,38-39H,3,7-11H2,1H3/t14-,16-,18-,19-,20-,23-,26-,46?/m1/s1. The van der Waals surface area contributed by atoms with Crippen LogP contribution in [0.3, 0.4) is 0 Å². The molecule has 2 N–H and O–H groups in total. The summed E-state index contributed by atoms with van der Waals surface area (Å²) in [5, 5.41) is 37.7. The summed E-state index contributed by atoms with van der Waals surface area (Å²) in [6.45, 7) is -4.73. The van der Waals surface area contributed by atoms with Gasteiger partial charge in [0.15, 0.2) is 23.2 Å². The SMILES string of the molecule is COC(=O)c1cccc2c1nnn2[C@@H]1O[C@H](CO)[C@@H](OP(=S)(OCCC#N)OC[C@H]2C[C@@H](n3cnc4c(Cl)ncnc43)[C@@H]2CO)[C@H]1F. The number of carbonyl (C=O) groups excluding carboxylic acids is 1. The van der Waals surface area contributed by atoms with Gasteiger partial charge in [-0.05, 0) is 36.3 Å². The van der Waals surface area contributed by atoms with Gasteiger partial charge in [0.25, 0.3) is 0 Å². The second-order valence-electron chi connectivity index (χ2n) is 10.8. The highest BCUT2D eigenvalue weighted by molar-refractivity contribution is 8.07. The molecule has 0 bridgehead atoms. The van der Waals surface area contributed by atoms with Crippen LogP contribution in [0.4, 0.5) is 4.39 Å². The van der Waals surface area contributed by atoms with Crippen molar-refractivity contribution in [1.82, 2.24) is 34.5 Å².